The lowest BCUT2D eigenvalue weighted by atomic mass is 9.97. The minimum atomic E-state index is -4.57. The Morgan fingerprint density at radius 1 is 1.13 bits per heavy atom. The van der Waals surface area contributed by atoms with Gasteiger partial charge in [-0.15, -0.1) is 11.3 Å². The Labute approximate surface area is 223 Å². The van der Waals surface area contributed by atoms with Gasteiger partial charge in [0.15, 0.2) is 5.69 Å². The van der Waals surface area contributed by atoms with Crippen LogP contribution in [0.4, 0.5) is 26.3 Å². The van der Waals surface area contributed by atoms with Crippen molar-refractivity contribution in [2.75, 3.05) is 13.1 Å². The number of alkyl halides is 6. The summed E-state index contributed by atoms with van der Waals surface area (Å²) in [6, 6.07) is 6.15. The van der Waals surface area contributed by atoms with E-state index in [1.54, 1.807) is 16.4 Å². The monoisotopic (exact) mass is 571 g/mol. The standard InChI is InChI=1S/C25H23F6N5O2S/c1-14-10-21(25(29,30)31)33-36(14)12-22(37)35-8-6-15(7-9-35)23-32-19(13-39-23)18-11-20(38-34-18)16-4-2-3-5-17(16)24(26,27)28/h2-5,10-11,13,15,20,34H,6-9,12H2,1H3. The molecule has 0 bridgehead atoms. The Kier molecular flexibility index (Phi) is 7.18. The molecule has 1 unspecified atom stereocenters. The molecule has 39 heavy (non-hydrogen) atoms. The summed E-state index contributed by atoms with van der Waals surface area (Å²) in [5.74, 6) is -0.239. The number of nitrogens with zero attached hydrogens (tertiary/aromatic N) is 4. The van der Waals surface area contributed by atoms with Gasteiger partial charge in [0.2, 0.25) is 5.91 Å². The van der Waals surface area contributed by atoms with Gasteiger partial charge in [0.1, 0.15) is 12.6 Å². The van der Waals surface area contributed by atoms with Crippen LogP contribution in [0.5, 0.6) is 0 Å². The number of piperidine rings is 1. The summed E-state index contributed by atoms with van der Waals surface area (Å²) in [7, 11) is 0. The molecule has 2 aliphatic heterocycles. The fourth-order valence-electron chi connectivity index (χ4n) is 4.65. The van der Waals surface area contributed by atoms with Gasteiger partial charge in [0, 0.05) is 30.1 Å². The van der Waals surface area contributed by atoms with Crippen molar-refractivity contribution in [2.45, 2.75) is 50.7 Å². The molecule has 0 radical (unpaired) electrons. The van der Waals surface area contributed by atoms with Crippen molar-refractivity contribution in [1.29, 1.82) is 0 Å². The van der Waals surface area contributed by atoms with Crippen molar-refractivity contribution in [1.82, 2.24) is 25.1 Å². The molecule has 208 valence electrons. The van der Waals surface area contributed by atoms with E-state index in [1.165, 1.54) is 36.5 Å². The maximum atomic E-state index is 13.4. The third-order valence-corrected chi connectivity index (χ3v) is 7.75. The van der Waals surface area contributed by atoms with Crippen LogP contribution in [-0.2, 0) is 28.5 Å². The number of thiazole rings is 1. The largest absolute Gasteiger partial charge is 0.435 e. The topological polar surface area (TPSA) is 72.3 Å². The molecule has 4 heterocycles. The van der Waals surface area contributed by atoms with Gasteiger partial charge in [-0.1, -0.05) is 18.2 Å². The molecule has 0 aliphatic carbocycles. The van der Waals surface area contributed by atoms with Crippen molar-refractivity contribution >= 4 is 22.9 Å². The smallest absolute Gasteiger partial charge is 0.341 e. The normalized spacial score (nSPS) is 18.8. The highest BCUT2D eigenvalue weighted by Crippen LogP contribution is 2.39. The molecule has 2 aliphatic rings. The first kappa shape index (κ1) is 27.2. The minimum Gasteiger partial charge on any atom is -0.341 e. The van der Waals surface area contributed by atoms with Gasteiger partial charge in [0.25, 0.3) is 0 Å². The highest BCUT2D eigenvalue weighted by atomic mass is 32.1. The lowest BCUT2D eigenvalue weighted by Gasteiger charge is -2.31. The number of likely N-dealkylation sites (tertiary alicyclic amines) is 1. The number of carbonyl (C=O) groups is 1. The van der Waals surface area contributed by atoms with E-state index in [9.17, 15) is 31.1 Å². The molecule has 1 saturated heterocycles. The highest BCUT2D eigenvalue weighted by Gasteiger charge is 2.37. The van der Waals surface area contributed by atoms with Gasteiger partial charge in [-0.3, -0.25) is 19.8 Å². The van der Waals surface area contributed by atoms with Crippen LogP contribution < -0.4 is 5.48 Å². The van der Waals surface area contributed by atoms with Crippen LogP contribution in [0.25, 0.3) is 5.70 Å². The fraction of sp³-hybridized carbons (Fsp3) is 0.400. The summed E-state index contributed by atoms with van der Waals surface area (Å²) >= 11 is 1.42. The van der Waals surface area contributed by atoms with Crippen molar-refractivity contribution in [3.05, 3.63) is 75.0 Å². The number of hydrogen-bond acceptors (Lipinski definition) is 6. The molecule has 2 aromatic heterocycles. The number of hydrogen-bond donors (Lipinski definition) is 1. The number of amides is 1. The summed E-state index contributed by atoms with van der Waals surface area (Å²) in [6.07, 6.45) is -7.21. The Bertz CT molecular complexity index is 1390. The van der Waals surface area contributed by atoms with Crippen molar-refractivity contribution < 1.29 is 36.0 Å². The van der Waals surface area contributed by atoms with E-state index in [1.807, 2.05) is 0 Å². The molecule has 3 aromatic rings. The molecule has 1 aromatic carbocycles. The first-order valence-electron chi connectivity index (χ1n) is 12.0. The van der Waals surface area contributed by atoms with E-state index >= 15 is 0 Å². The first-order chi connectivity index (χ1) is 18.4. The van der Waals surface area contributed by atoms with Crippen LogP contribution in [0.3, 0.4) is 0 Å². The number of aryl methyl sites for hydroxylation is 1. The summed E-state index contributed by atoms with van der Waals surface area (Å²) < 4.78 is 80.0. The molecule has 1 amide bonds. The van der Waals surface area contributed by atoms with Crippen LogP contribution in [0.1, 0.15) is 58.1 Å². The van der Waals surface area contributed by atoms with Crippen molar-refractivity contribution in [3.8, 4) is 0 Å². The Balaban J connectivity index is 1.20. The lowest BCUT2D eigenvalue weighted by Crippen LogP contribution is -2.40. The average molecular weight is 572 g/mol. The number of rotatable bonds is 5. The van der Waals surface area contributed by atoms with Crippen LogP contribution in [0.15, 0.2) is 41.8 Å². The first-order valence-corrected chi connectivity index (χ1v) is 12.9. The van der Waals surface area contributed by atoms with Gasteiger partial charge in [-0.05, 0) is 43.5 Å². The molecular weight excluding hydrogens is 548 g/mol. The minimum absolute atomic E-state index is 0.0000671. The van der Waals surface area contributed by atoms with Crippen LogP contribution in [0, 0.1) is 6.92 Å². The van der Waals surface area contributed by atoms with Gasteiger partial charge in [0.05, 0.1) is 22.0 Å². The number of aromatic nitrogens is 3. The van der Waals surface area contributed by atoms with Crippen molar-refractivity contribution in [3.63, 3.8) is 0 Å². The van der Waals surface area contributed by atoms with Crippen LogP contribution >= 0.6 is 11.3 Å². The fourth-order valence-corrected chi connectivity index (χ4v) is 5.64. The molecule has 7 nitrogen and oxygen atoms in total. The third kappa shape index (κ3) is 5.81. The number of nitrogens with one attached hydrogen (secondary N) is 1. The van der Waals surface area contributed by atoms with Crippen LogP contribution in [0.2, 0.25) is 0 Å². The van der Waals surface area contributed by atoms with Crippen LogP contribution in [-0.4, -0.2) is 38.7 Å². The zero-order valence-electron chi connectivity index (χ0n) is 20.5. The number of benzene rings is 1. The van der Waals surface area contributed by atoms with Gasteiger partial charge >= 0.3 is 12.4 Å². The summed E-state index contributed by atoms with van der Waals surface area (Å²) in [6.45, 7) is 2.04. The lowest BCUT2D eigenvalue weighted by molar-refractivity contribution is -0.142. The third-order valence-electron chi connectivity index (χ3n) is 6.74. The van der Waals surface area contributed by atoms with E-state index in [0.717, 1.165) is 21.8 Å². The Morgan fingerprint density at radius 2 is 1.85 bits per heavy atom. The van der Waals surface area contributed by atoms with Crippen molar-refractivity contribution in [2.24, 2.45) is 0 Å². The van der Waals surface area contributed by atoms with Gasteiger partial charge < -0.3 is 4.90 Å². The molecular formula is C25H23F6N5O2S. The van der Waals surface area contributed by atoms with Gasteiger partial charge in [-0.2, -0.15) is 31.4 Å². The van der Waals surface area contributed by atoms with E-state index < -0.39 is 29.7 Å². The number of hydroxylamine groups is 1. The van der Waals surface area contributed by atoms with E-state index in [-0.39, 0.29) is 29.6 Å². The quantitative estimate of drug-likeness (QED) is 0.398. The average Bonchev–Trinajstić information content (AvgIpc) is 3.64. The molecule has 1 atom stereocenters. The maximum Gasteiger partial charge on any atom is 0.435 e. The molecule has 0 spiro atoms. The SMILES string of the molecule is Cc1cc(C(F)(F)F)nn1CC(=O)N1CCC(c2nc(C3=CC(c4ccccc4C(F)(F)F)ON3)cs2)CC1. The second-order valence-electron chi connectivity index (χ2n) is 9.36. The predicted octanol–water partition coefficient (Wildman–Crippen LogP) is 5.71. The number of carbonyl (C=O) groups excluding carboxylic acids is 1. The van der Waals surface area contributed by atoms with E-state index in [2.05, 4.69) is 15.6 Å². The zero-order valence-corrected chi connectivity index (χ0v) is 21.3. The maximum absolute atomic E-state index is 13.4. The second-order valence-corrected chi connectivity index (χ2v) is 10.2. The summed E-state index contributed by atoms with van der Waals surface area (Å²) in [5.41, 5.74) is 2.17. The Hall–Kier alpha value is -3.39. The second kappa shape index (κ2) is 10.3. The Morgan fingerprint density at radius 3 is 2.51 bits per heavy atom. The molecule has 14 heteroatoms. The summed E-state index contributed by atoms with van der Waals surface area (Å²) in [5, 5.41) is 6.15. The van der Waals surface area contributed by atoms with E-state index in [0.29, 0.717) is 37.3 Å². The predicted molar refractivity (Wildman–Crippen MR) is 129 cm³/mol. The summed E-state index contributed by atoms with van der Waals surface area (Å²) in [4.78, 5) is 24.4. The molecule has 0 saturated carbocycles. The highest BCUT2D eigenvalue weighted by molar-refractivity contribution is 7.09. The number of halogens is 6. The van der Waals surface area contributed by atoms with Gasteiger partial charge in [-0.25, -0.2) is 4.98 Å². The van der Waals surface area contributed by atoms with E-state index in [4.69, 9.17) is 4.84 Å². The zero-order chi connectivity index (χ0) is 27.9. The molecule has 1 fully saturated rings. The molecule has 1 N–H and O–H groups in total. The molecule has 5 rings (SSSR count).